The Labute approximate surface area is 124 Å². The van der Waals surface area contributed by atoms with Crippen molar-refractivity contribution in [1.29, 1.82) is 0 Å². The normalized spacial score (nSPS) is 15.2. The molecule has 0 fully saturated rings. The Balaban J connectivity index is 2.27. The SMILES string of the molecule is CNC(CS(=O)C(C)(C)C)c1ccc2ccccc2c1. The van der Waals surface area contributed by atoms with Gasteiger partial charge in [0.1, 0.15) is 0 Å². The van der Waals surface area contributed by atoms with E-state index < -0.39 is 10.8 Å². The fraction of sp³-hybridized carbons (Fsp3) is 0.412. The van der Waals surface area contributed by atoms with Gasteiger partial charge < -0.3 is 5.32 Å². The lowest BCUT2D eigenvalue weighted by molar-refractivity contribution is 0.614. The highest BCUT2D eigenvalue weighted by Gasteiger charge is 2.23. The Bertz CT molecular complexity index is 616. The summed E-state index contributed by atoms with van der Waals surface area (Å²) in [6, 6.07) is 14.9. The molecule has 3 heteroatoms. The quantitative estimate of drug-likeness (QED) is 0.931. The summed E-state index contributed by atoms with van der Waals surface area (Å²) in [5.41, 5.74) is 1.20. The highest BCUT2D eigenvalue weighted by Crippen LogP contribution is 2.23. The summed E-state index contributed by atoms with van der Waals surface area (Å²) >= 11 is 0. The van der Waals surface area contributed by atoms with Crippen LogP contribution in [0.4, 0.5) is 0 Å². The van der Waals surface area contributed by atoms with Gasteiger partial charge in [0.15, 0.2) is 0 Å². The first kappa shape index (κ1) is 15.2. The Hall–Kier alpha value is -1.19. The maximum Gasteiger partial charge on any atom is 0.0435 e. The zero-order valence-electron chi connectivity index (χ0n) is 12.6. The van der Waals surface area contributed by atoms with E-state index in [0.717, 1.165) is 0 Å². The average molecular weight is 289 g/mol. The molecule has 2 nitrogen and oxygen atoms in total. The second kappa shape index (κ2) is 6.06. The molecule has 2 aromatic carbocycles. The van der Waals surface area contributed by atoms with Crippen LogP contribution in [0.5, 0.6) is 0 Å². The molecule has 0 aliphatic rings. The van der Waals surface area contributed by atoms with Gasteiger partial charge in [0.05, 0.1) is 0 Å². The van der Waals surface area contributed by atoms with Crippen LogP contribution in [-0.2, 0) is 10.8 Å². The lowest BCUT2D eigenvalue weighted by atomic mass is 10.0. The van der Waals surface area contributed by atoms with E-state index in [-0.39, 0.29) is 10.8 Å². The van der Waals surface area contributed by atoms with E-state index in [1.54, 1.807) is 0 Å². The minimum atomic E-state index is -0.864. The van der Waals surface area contributed by atoms with Crippen molar-refractivity contribution in [2.24, 2.45) is 0 Å². The molecule has 2 unspecified atom stereocenters. The molecule has 0 aliphatic carbocycles. The molecule has 20 heavy (non-hydrogen) atoms. The van der Waals surface area contributed by atoms with Crippen molar-refractivity contribution in [1.82, 2.24) is 5.32 Å². The summed E-state index contributed by atoms with van der Waals surface area (Å²) < 4.78 is 12.2. The molecule has 2 aromatic rings. The summed E-state index contributed by atoms with van der Waals surface area (Å²) in [7, 11) is 1.07. The summed E-state index contributed by atoms with van der Waals surface area (Å²) in [5.74, 6) is 0.637. The third-order valence-electron chi connectivity index (χ3n) is 3.53. The fourth-order valence-electron chi connectivity index (χ4n) is 2.17. The Morgan fingerprint density at radius 3 is 2.35 bits per heavy atom. The van der Waals surface area contributed by atoms with Gasteiger partial charge in [-0.15, -0.1) is 0 Å². The van der Waals surface area contributed by atoms with E-state index in [4.69, 9.17) is 0 Å². The van der Waals surface area contributed by atoms with Gasteiger partial charge in [0, 0.05) is 27.3 Å². The molecule has 0 amide bonds. The maximum absolute atomic E-state index is 12.3. The zero-order chi connectivity index (χ0) is 14.8. The summed E-state index contributed by atoms with van der Waals surface area (Å²) in [4.78, 5) is 0. The Morgan fingerprint density at radius 2 is 1.75 bits per heavy atom. The van der Waals surface area contributed by atoms with Crippen LogP contribution < -0.4 is 5.32 Å². The lowest BCUT2D eigenvalue weighted by Gasteiger charge is -2.23. The predicted octanol–water partition coefficient (Wildman–Crippen LogP) is 3.65. The van der Waals surface area contributed by atoms with Crippen LogP contribution in [-0.4, -0.2) is 21.8 Å². The van der Waals surface area contributed by atoms with E-state index in [1.807, 2.05) is 40.0 Å². The van der Waals surface area contributed by atoms with E-state index >= 15 is 0 Å². The van der Waals surface area contributed by atoms with Gasteiger partial charge in [-0.3, -0.25) is 4.21 Å². The molecule has 0 saturated carbocycles. The third-order valence-corrected chi connectivity index (χ3v) is 5.53. The van der Waals surface area contributed by atoms with Gasteiger partial charge in [-0.25, -0.2) is 0 Å². The minimum absolute atomic E-state index is 0.125. The Kier molecular flexibility index (Phi) is 4.61. The molecule has 108 valence electrons. The smallest absolute Gasteiger partial charge is 0.0435 e. The van der Waals surface area contributed by atoms with E-state index in [0.29, 0.717) is 5.75 Å². The highest BCUT2D eigenvalue weighted by molar-refractivity contribution is 7.86. The summed E-state index contributed by atoms with van der Waals surface area (Å²) in [5, 5.41) is 5.76. The molecule has 0 aromatic heterocycles. The van der Waals surface area contributed by atoms with Gasteiger partial charge in [-0.1, -0.05) is 36.4 Å². The Morgan fingerprint density at radius 1 is 1.10 bits per heavy atom. The van der Waals surface area contributed by atoms with Crippen molar-refractivity contribution >= 4 is 21.6 Å². The van der Waals surface area contributed by atoms with Crippen molar-refractivity contribution in [2.75, 3.05) is 12.8 Å². The second-order valence-electron chi connectivity index (χ2n) is 6.07. The molecular weight excluding hydrogens is 266 g/mol. The van der Waals surface area contributed by atoms with Crippen LogP contribution in [0, 0.1) is 0 Å². The largest absolute Gasteiger partial charge is 0.312 e. The van der Waals surface area contributed by atoms with E-state index in [9.17, 15) is 4.21 Å². The van der Waals surface area contributed by atoms with Crippen molar-refractivity contribution in [2.45, 2.75) is 31.6 Å². The first-order valence-corrected chi connectivity index (χ1v) is 8.28. The molecule has 2 rings (SSSR count). The topological polar surface area (TPSA) is 29.1 Å². The van der Waals surface area contributed by atoms with Crippen LogP contribution in [0.15, 0.2) is 42.5 Å². The molecule has 0 bridgehead atoms. The van der Waals surface area contributed by atoms with Crippen LogP contribution in [0.2, 0.25) is 0 Å². The molecule has 0 aliphatic heterocycles. The molecule has 1 N–H and O–H groups in total. The van der Waals surface area contributed by atoms with Gasteiger partial charge in [-0.05, 0) is 50.2 Å². The van der Waals surface area contributed by atoms with E-state index in [2.05, 4.69) is 35.6 Å². The molecule has 0 radical (unpaired) electrons. The van der Waals surface area contributed by atoms with Gasteiger partial charge in [-0.2, -0.15) is 0 Å². The van der Waals surface area contributed by atoms with Crippen LogP contribution in [0.3, 0.4) is 0 Å². The number of hydrogen-bond donors (Lipinski definition) is 1. The molecular formula is C17H23NOS. The maximum atomic E-state index is 12.3. The number of hydrogen-bond acceptors (Lipinski definition) is 2. The third kappa shape index (κ3) is 3.47. The molecule has 0 heterocycles. The molecule has 0 spiro atoms. The van der Waals surface area contributed by atoms with Gasteiger partial charge in [0.2, 0.25) is 0 Å². The van der Waals surface area contributed by atoms with E-state index in [1.165, 1.54) is 16.3 Å². The average Bonchev–Trinajstić information content (AvgIpc) is 2.43. The van der Waals surface area contributed by atoms with Crippen LogP contribution in [0.1, 0.15) is 32.4 Å². The van der Waals surface area contributed by atoms with Gasteiger partial charge >= 0.3 is 0 Å². The fourth-order valence-corrected chi connectivity index (χ4v) is 3.33. The first-order valence-electron chi connectivity index (χ1n) is 6.96. The van der Waals surface area contributed by atoms with Crippen LogP contribution in [0.25, 0.3) is 10.8 Å². The number of rotatable bonds is 4. The summed E-state index contributed by atoms with van der Waals surface area (Å²) in [6.07, 6.45) is 0. The number of nitrogens with one attached hydrogen (secondary N) is 1. The molecule has 2 atom stereocenters. The number of fused-ring (bicyclic) bond motifs is 1. The number of benzene rings is 2. The second-order valence-corrected chi connectivity index (χ2v) is 8.32. The van der Waals surface area contributed by atoms with Crippen molar-refractivity contribution in [3.8, 4) is 0 Å². The standard InChI is InChI=1S/C17H23NOS/c1-17(2,3)20(19)12-16(18-4)15-10-9-13-7-5-6-8-14(13)11-15/h5-11,16,18H,12H2,1-4H3. The van der Waals surface area contributed by atoms with Crippen molar-refractivity contribution in [3.05, 3.63) is 48.0 Å². The first-order chi connectivity index (χ1) is 9.41. The van der Waals surface area contributed by atoms with Crippen LogP contribution >= 0.6 is 0 Å². The summed E-state index contributed by atoms with van der Waals surface area (Å²) in [6.45, 7) is 6.07. The zero-order valence-corrected chi connectivity index (χ0v) is 13.5. The minimum Gasteiger partial charge on any atom is -0.312 e. The monoisotopic (exact) mass is 289 g/mol. The van der Waals surface area contributed by atoms with Crippen molar-refractivity contribution in [3.63, 3.8) is 0 Å². The van der Waals surface area contributed by atoms with Gasteiger partial charge in [0.25, 0.3) is 0 Å². The predicted molar refractivity (Wildman–Crippen MR) is 88.5 cm³/mol. The molecule has 0 saturated heterocycles. The highest BCUT2D eigenvalue weighted by atomic mass is 32.2. The lowest BCUT2D eigenvalue weighted by Crippen LogP contribution is -2.31. The van der Waals surface area contributed by atoms with Crippen molar-refractivity contribution < 1.29 is 4.21 Å².